The molecule has 0 radical (unpaired) electrons. The first-order valence-electron chi connectivity index (χ1n) is 7.77. The molecule has 110 valence electrons. The summed E-state index contributed by atoms with van der Waals surface area (Å²) in [6.07, 6.45) is 6.30. The molecule has 1 aliphatic heterocycles. The summed E-state index contributed by atoms with van der Waals surface area (Å²) in [4.78, 5) is 17.1. The molecule has 3 aromatic rings. The number of carbonyl (C=O) groups is 1. The van der Waals surface area contributed by atoms with Crippen molar-refractivity contribution in [2.45, 2.75) is 26.2 Å². The fourth-order valence-corrected chi connectivity index (χ4v) is 3.62. The fraction of sp³-hybridized carbons (Fsp3) is 0.263. The van der Waals surface area contributed by atoms with Crippen molar-refractivity contribution in [3.63, 3.8) is 0 Å². The highest BCUT2D eigenvalue weighted by Gasteiger charge is 2.30. The zero-order chi connectivity index (χ0) is 15.1. The van der Waals surface area contributed by atoms with Crippen LogP contribution < -0.4 is 0 Å². The Morgan fingerprint density at radius 3 is 2.91 bits per heavy atom. The molecule has 3 heteroatoms. The van der Waals surface area contributed by atoms with Gasteiger partial charge in [-0.15, -0.1) is 0 Å². The van der Waals surface area contributed by atoms with Gasteiger partial charge in [0.05, 0.1) is 5.52 Å². The molecule has 0 bridgehead atoms. The minimum absolute atomic E-state index is 0.0481. The van der Waals surface area contributed by atoms with Gasteiger partial charge in [0, 0.05) is 29.4 Å². The zero-order valence-corrected chi connectivity index (χ0v) is 12.6. The zero-order valence-electron chi connectivity index (χ0n) is 12.6. The molecule has 1 atom stereocenters. The third-order valence-electron chi connectivity index (χ3n) is 4.76. The van der Waals surface area contributed by atoms with Crippen LogP contribution in [0.15, 0.2) is 48.8 Å². The number of aromatic nitrogens is 2. The van der Waals surface area contributed by atoms with Crippen LogP contribution in [-0.2, 0) is 12.8 Å². The van der Waals surface area contributed by atoms with E-state index in [1.807, 2.05) is 29.0 Å². The predicted molar refractivity (Wildman–Crippen MR) is 87.1 cm³/mol. The summed E-state index contributed by atoms with van der Waals surface area (Å²) in [5.41, 5.74) is 4.63. The molecule has 0 N–H and O–H groups in total. The predicted octanol–water partition coefficient (Wildman–Crippen LogP) is 3.79. The minimum Gasteiger partial charge on any atom is -0.284 e. The smallest absolute Gasteiger partial charge is 0.234 e. The number of hydrogen-bond acceptors (Lipinski definition) is 2. The minimum atomic E-state index is 0.0481. The summed E-state index contributed by atoms with van der Waals surface area (Å²) in [5.74, 6) is 0.279. The maximum absolute atomic E-state index is 13.0. The van der Waals surface area contributed by atoms with Gasteiger partial charge >= 0.3 is 0 Å². The van der Waals surface area contributed by atoms with E-state index in [1.165, 1.54) is 16.6 Å². The van der Waals surface area contributed by atoms with E-state index < -0.39 is 0 Å². The van der Waals surface area contributed by atoms with E-state index in [-0.39, 0.29) is 11.8 Å². The van der Waals surface area contributed by atoms with Gasteiger partial charge in [-0.05, 0) is 49.4 Å². The van der Waals surface area contributed by atoms with Gasteiger partial charge in [0.2, 0.25) is 5.91 Å². The standard InChI is InChI=1S/C19H18N2O/c1-13-16-6-2-3-7-18(16)21-17(13)9-8-15(19(21)22)11-14-5-4-10-20-12-14/h2-7,10,12,15H,8-9,11H2,1H3. The molecule has 4 rings (SSSR count). The Bertz CT molecular complexity index is 849. The van der Waals surface area contributed by atoms with Crippen LogP contribution in [0.25, 0.3) is 10.9 Å². The van der Waals surface area contributed by atoms with Gasteiger partial charge in [-0.2, -0.15) is 0 Å². The highest BCUT2D eigenvalue weighted by Crippen LogP contribution is 2.32. The molecule has 0 saturated carbocycles. The Labute approximate surface area is 129 Å². The second kappa shape index (κ2) is 5.09. The largest absolute Gasteiger partial charge is 0.284 e. The molecule has 0 saturated heterocycles. The van der Waals surface area contributed by atoms with Gasteiger partial charge in [-0.3, -0.25) is 14.3 Å². The quantitative estimate of drug-likeness (QED) is 0.719. The molecule has 1 unspecified atom stereocenters. The van der Waals surface area contributed by atoms with E-state index >= 15 is 0 Å². The van der Waals surface area contributed by atoms with Crippen LogP contribution in [-0.4, -0.2) is 15.5 Å². The van der Waals surface area contributed by atoms with E-state index in [1.54, 1.807) is 6.20 Å². The summed E-state index contributed by atoms with van der Waals surface area (Å²) >= 11 is 0. The van der Waals surface area contributed by atoms with Crippen molar-refractivity contribution in [3.05, 3.63) is 65.6 Å². The fourth-order valence-electron chi connectivity index (χ4n) is 3.62. The number of para-hydroxylation sites is 1. The lowest BCUT2D eigenvalue weighted by atomic mass is 9.90. The van der Waals surface area contributed by atoms with Crippen molar-refractivity contribution in [2.24, 2.45) is 5.92 Å². The number of pyridine rings is 1. The molecule has 3 heterocycles. The summed E-state index contributed by atoms with van der Waals surface area (Å²) in [5, 5.41) is 1.20. The van der Waals surface area contributed by atoms with Crippen LogP contribution >= 0.6 is 0 Å². The Kier molecular flexibility index (Phi) is 3.07. The van der Waals surface area contributed by atoms with Gasteiger partial charge in [0.1, 0.15) is 0 Å². The third-order valence-corrected chi connectivity index (χ3v) is 4.76. The number of aryl methyl sites for hydroxylation is 1. The van der Waals surface area contributed by atoms with Crippen LogP contribution in [0.2, 0.25) is 0 Å². The summed E-state index contributed by atoms with van der Waals surface area (Å²) in [6, 6.07) is 12.2. The van der Waals surface area contributed by atoms with Crippen LogP contribution in [0.4, 0.5) is 0 Å². The van der Waals surface area contributed by atoms with Crippen molar-refractivity contribution in [3.8, 4) is 0 Å². The van der Waals surface area contributed by atoms with E-state index in [9.17, 15) is 4.79 Å². The number of benzene rings is 1. The number of nitrogens with zero attached hydrogens (tertiary/aromatic N) is 2. The lowest BCUT2D eigenvalue weighted by Crippen LogP contribution is -2.30. The van der Waals surface area contributed by atoms with Crippen molar-refractivity contribution < 1.29 is 4.79 Å². The second-order valence-electron chi connectivity index (χ2n) is 6.06. The molecule has 3 nitrogen and oxygen atoms in total. The Morgan fingerprint density at radius 2 is 2.09 bits per heavy atom. The topological polar surface area (TPSA) is 34.9 Å². The van der Waals surface area contributed by atoms with Crippen LogP contribution in [0.5, 0.6) is 0 Å². The van der Waals surface area contributed by atoms with E-state index in [2.05, 4.69) is 30.1 Å². The maximum Gasteiger partial charge on any atom is 0.234 e. The Morgan fingerprint density at radius 1 is 1.23 bits per heavy atom. The van der Waals surface area contributed by atoms with E-state index in [0.717, 1.165) is 30.3 Å². The maximum atomic E-state index is 13.0. The molecule has 0 amide bonds. The van der Waals surface area contributed by atoms with E-state index in [4.69, 9.17) is 0 Å². The summed E-state index contributed by atoms with van der Waals surface area (Å²) < 4.78 is 1.95. The average molecular weight is 290 g/mol. The molecule has 22 heavy (non-hydrogen) atoms. The highest BCUT2D eigenvalue weighted by molar-refractivity contribution is 5.97. The summed E-state index contributed by atoms with van der Waals surface area (Å²) in [7, 11) is 0. The van der Waals surface area contributed by atoms with Crippen molar-refractivity contribution in [2.75, 3.05) is 0 Å². The van der Waals surface area contributed by atoms with Crippen LogP contribution in [0.3, 0.4) is 0 Å². The number of hydrogen-bond donors (Lipinski definition) is 0. The molecular weight excluding hydrogens is 272 g/mol. The average Bonchev–Trinajstić information content (AvgIpc) is 2.85. The molecule has 2 aromatic heterocycles. The molecule has 0 spiro atoms. The molecule has 1 aliphatic rings. The van der Waals surface area contributed by atoms with Gasteiger partial charge < -0.3 is 0 Å². The second-order valence-corrected chi connectivity index (χ2v) is 6.06. The normalized spacial score (nSPS) is 17.7. The SMILES string of the molecule is Cc1c2n(c3ccccc13)C(=O)C(Cc1cccnc1)CC2. The lowest BCUT2D eigenvalue weighted by Gasteiger charge is -2.24. The number of rotatable bonds is 2. The van der Waals surface area contributed by atoms with Gasteiger partial charge in [-0.25, -0.2) is 0 Å². The molecule has 0 fully saturated rings. The van der Waals surface area contributed by atoms with E-state index in [0.29, 0.717) is 0 Å². The highest BCUT2D eigenvalue weighted by atomic mass is 16.2. The van der Waals surface area contributed by atoms with Crippen molar-refractivity contribution in [1.29, 1.82) is 0 Å². The molecule has 1 aromatic carbocycles. The van der Waals surface area contributed by atoms with Crippen molar-refractivity contribution in [1.82, 2.24) is 9.55 Å². The first-order chi connectivity index (χ1) is 10.8. The molecule has 0 aliphatic carbocycles. The first-order valence-corrected chi connectivity index (χ1v) is 7.77. The van der Waals surface area contributed by atoms with Crippen molar-refractivity contribution >= 4 is 16.8 Å². The Hall–Kier alpha value is -2.42. The molecular formula is C19H18N2O. The van der Waals surface area contributed by atoms with Crippen LogP contribution in [0, 0.1) is 12.8 Å². The Balaban J connectivity index is 1.75. The monoisotopic (exact) mass is 290 g/mol. The third kappa shape index (κ3) is 1.97. The number of carbonyl (C=O) groups excluding carboxylic acids is 1. The van der Waals surface area contributed by atoms with Gasteiger partial charge in [-0.1, -0.05) is 24.3 Å². The van der Waals surface area contributed by atoms with Crippen LogP contribution in [0.1, 0.15) is 28.0 Å². The summed E-state index contributed by atoms with van der Waals surface area (Å²) in [6.45, 7) is 2.13. The first kappa shape index (κ1) is 13.3. The van der Waals surface area contributed by atoms with Gasteiger partial charge in [0.25, 0.3) is 0 Å². The lowest BCUT2D eigenvalue weighted by molar-refractivity contribution is 0.0809. The van der Waals surface area contributed by atoms with Gasteiger partial charge in [0.15, 0.2) is 0 Å². The number of fused-ring (bicyclic) bond motifs is 3.